The highest BCUT2D eigenvalue weighted by Crippen LogP contribution is 2.17. The Kier molecular flexibility index (Phi) is 50.0. The molecule has 6 heteroatoms. The molecule has 1 amide bonds. The molecule has 0 spiro atoms. The molecule has 374 valence electrons. The zero-order valence-electron chi connectivity index (χ0n) is 42.7. The minimum absolute atomic E-state index is 0.00476. The summed E-state index contributed by atoms with van der Waals surface area (Å²) in [5.41, 5.74) is 0. The number of carbonyl (C=O) groups excluding carboxylic acids is 2. The van der Waals surface area contributed by atoms with Crippen LogP contribution in [-0.2, 0) is 14.3 Å². The number of rotatable bonds is 50. The number of nitrogens with one attached hydrogen (secondary N) is 1. The maximum atomic E-state index is 13.2. The molecule has 3 N–H and O–H groups in total. The van der Waals surface area contributed by atoms with Crippen LogP contribution in [0.3, 0.4) is 0 Å². The van der Waals surface area contributed by atoms with Crippen molar-refractivity contribution in [2.75, 3.05) is 6.61 Å². The van der Waals surface area contributed by atoms with Gasteiger partial charge in [0.2, 0.25) is 5.91 Å². The van der Waals surface area contributed by atoms with E-state index >= 15 is 0 Å². The van der Waals surface area contributed by atoms with Gasteiger partial charge in [-0.1, -0.05) is 268 Å². The third-order valence-electron chi connectivity index (χ3n) is 12.7. The first-order chi connectivity index (χ1) is 31.5. The Morgan fingerprint density at radius 3 is 1.25 bits per heavy atom. The van der Waals surface area contributed by atoms with Crippen molar-refractivity contribution in [3.63, 3.8) is 0 Å². The number of aliphatic hydroxyl groups excluding tert-OH is 2. The van der Waals surface area contributed by atoms with Gasteiger partial charge in [0.25, 0.3) is 0 Å². The maximum Gasteiger partial charge on any atom is 0.306 e. The lowest BCUT2D eigenvalue weighted by Crippen LogP contribution is -2.46. The Morgan fingerprint density at radius 2 is 0.828 bits per heavy atom. The lowest BCUT2D eigenvalue weighted by molar-refractivity contribution is -0.150. The molecule has 3 atom stereocenters. The van der Waals surface area contributed by atoms with Crippen molar-refractivity contribution in [2.24, 2.45) is 0 Å². The molecular weight excluding hydrogens is 791 g/mol. The average molecular weight is 898 g/mol. The lowest BCUT2D eigenvalue weighted by Gasteiger charge is -2.24. The fraction of sp³-hybridized carbons (Fsp3) is 0.828. The fourth-order valence-electron chi connectivity index (χ4n) is 8.41. The summed E-state index contributed by atoms with van der Waals surface area (Å²) >= 11 is 0. The van der Waals surface area contributed by atoms with Crippen LogP contribution in [0.4, 0.5) is 0 Å². The second kappa shape index (κ2) is 51.8. The summed E-state index contributed by atoms with van der Waals surface area (Å²) < 4.78 is 5.89. The van der Waals surface area contributed by atoms with Gasteiger partial charge in [0, 0.05) is 12.8 Å². The predicted molar refractivity (Wildman–Crippen MR) is 278 cm³/mol. The number of hydrogen-bond acceptors (Lipinski definition) is 5. The van der Waals surface area contributed by atoms with Crippen LogP contribution in [0.5, 0.6) is 0 Å². The van der Waals surface area contributed by atoms with Crippen LogP contribution in [0.15, 0.2) is 48.6 Å². The van der Waals surface area contributed by atoms with Gasteiger partial charge in [-0.15, -0.1) is 0 Å². The molecule has 0 heterocycles. The largest absolute Gasteiger partial charge is 0.461 e. The number of unbranched alkanes of at least 4 members (excludes halogenated alkanes) is 31. The van der Waals surface area contributed by atoms with Gasteiger partial charge >= 0.3 is 5.97 Å². The molecule has 0 aliphatic heterocycles. The van der Waals surface area contributed by atoms with Gasteiger partial charge in [0.15, 0.2) is 0 Å². The average Bonchev–Trinajstić information content (AvgIpc) is 3.29. The first-order valence-electron chi connectivity index (χ1n) is 27.9. The molecule has 0 radical (unpaired) electrons. The van der Waals surface area contributed by atoms with Gasteiger partial charge in [0.05, 0.1) is 25.2 Å². The smallest absolute Gasteiger partial charge is 0.306 e. The first kappa shape index (κ1) is 61.8. The van der Waals surface area contributed by atoms with Gasteiger partial charge in [-0.3, -0.25) is 9.59 Å². The van der Waals surface area contributed by atoms with E-state index < -0.39 is 18.2 Å². The normalized spacial score (nSPS) is 13.5. The number of ether oxygens (including phenoxy) is 1. The Labute approximate surface area is 397 Å². The second-order valence-electron chi connectivity index (χ2n) is 19.0. The van der Waals surface area contributed by atoms with Crippen LogP contribution >= 0.6 is 0 Å². The van der Waals surface area contributed by atoms with Crippen LogP contribution in [0.25, 0.3) is 0 Å². The molecule has 6 nitrogen and oxygen atoms in total. The van der Waals surface area contributed by atoms with Crippen molar-refractivity contribution < 1.29 is 24.5 Å². The minimum Gasteiger partial charge on any atom is -0.461 e. The number of aliphatic hydroxyl groups is 2. The van der Waals surface area contributed by atoms with Crippen LogP contribution < -0.4 is 5.32 Å². The van der Waals surface area contributed by atoms with E-state index in [1.807, 2.05) is 6.08 Å². The summed E-state index contributed by atoms with van der Waals surface area (Å²) in [6, 6.07) is -0.729. The van der Waals surface area contributed by atoms with E-state index in [0.29, 0.717) is 19.3 Å². The summed E-state index contributed by atoms with van der Waals surface area (Å²) in [4.78, 5) is 26.2. The Balaban J connectivity index is 4.65. The van der Waals surface area contributed by atoms with Gasteiger partial charge < -0.3 is 20.3 Å². The highest BCUT2D eigenvalue weighted by Gasteiger charge is 2.23. The SMILES string of the molecule is CCCCC/C=C\C/C=C\C/C=C\C/C=C\CC(CC(=O)NC(CO)C(O)CCCCCCCCCCCCCCCCC)OC(=O)CCCCCCCCCCCCCCCCC. The molecule has 0 aliphatic rings. The van der Waals surface area contributed by atoms with E-state index in [1.165, 1.54) is 180 Å². The molecular formula is C58H107NO5. The standard InChI is InChI=1S/C58H107NO5/c1-4-7-10-13-16-19-22-25-28-31-34-37-40-43-46-49-54(64-58(63)51-48-45-42-39-36-33-30-27-24-21-18-15-12-9-6-3)52-57(62)59-55(53-60)56(61)50-47-44-41-38-35-32-29-26-23-20-17-14-11-8-5-2/h16,19,25,28,34,37,43,46,54-56,60-61H,4-15,17-18,20-24,26-27,29-33,35-36,38-42,44-45,47-53H2,1-3H3,(H,59,62)/b19-16-,28-25-,37-34-,46-43-. The Bertz CT molecular complexity index is 1100. The minimum atomic E-state index is -0.810. The molecule has 0 bridgehead atoms. The van der Waals surface area contributed by atoms with E-state index in [2.05, 4.69) is 68.6 Å². The Hall–Kier alpha value is -2.18. The van der Waals surface area contributed by atoms with Crippen molar-refractivity contribution >= 4 is 11.9 Å². The van der Waals surface area contributed by atoms with Crippen molar-refractivity contribution in [3.05, 3.63) is 48.6 Å². The molecule has 0 saturated heterocycles. The topological polar surface area (TPSA) is 95.9 Å². The molecule has 0 aromatic rings. The third kappa shape index (κ3) is 46.4. The molecule has 0 saturated carbocycles. The third-order valence-corrected chi connectivity index (χ3v) is 12.7. The van der Waals surface area contributed by atoms with Crippen molar-refractivity contribution in [1.82, 2.24) is 5.32 Å². The summed E-state index contributed by atoms with van der Waals surface area (Å²) in [6.07, 6.45) is 63.3. The summed E-state index contributed by atoms with van der Waals surface area (Å²) in [5.74, 6) is -0.564. The summed E-state index contributed by atoms with van der Waals surface area (Å²) in [6.45, 7) is 6.45. The molecule has 3 unspecified atom stereocenters. The van der Waals surface area contributed by atoms with Crippen LogP contribution in [0.2, 0.25) is 0 Å². The second-order valence-corrected chi connectivity index (χ2v) is 19.0. The van der Waals surface area contributed by atoms with Crippen molar-refractivity contribution in [1.29, 1.82) is 0 Å². The molecule has 0 rings (SSSR count). The predicted octanol–water partition coefficient (Wildman–Crippen LogP) is 17.0. The summed E-state index contributed by atoms with van der Waals surface area (Å²) in [5, 5.41) is 23.8. The maximum absolute atomic E-state index is 13.2. The van der Waals surface area contributed by atoms with Crippen LogP contribution in [0.1, 0.15) is 284 Å². The van der Waals surface area contributed by atoms with E-state index in [1.54, 1.807) is 0 Å². The van der Waals surface area contributed by atoms with Crippen molar-refractivity contribution in [2.45, 2.75) is 302 Å². The molecule has 0 aromatic heterocycles. The van der Waals surface area contributed by atoms with E-state index in [-0.39, 0.29) is 24.9 Å². The highest BCUT2D eigenvalue weighted by molar-refractivity contribution is 5.77. The number of allylic oxidation sites excluding steroid dienone is 7. The molecule has 0 aromatic carbocycles. The zero-order chi connectivity index (χ0) is 46.7. The van der Waals surface area contributed by atoms with Gasteiger partial charge in [-0.2, -0.15) is 0 Å². The first-order valence-corrected chi connectivity index (χ1v) is 27.9. The van der Waals surface area contributed by atoms with Gasteiger partial charge in [0.1, 0.15) is 6.10 Å². The van der Waals surface area contributed by atoms with Gasteiger partial charge in [-0.25, -0.2) is 0 Å². The van der Waals surface area contributed by atoms with E-state index in [0.717, 1.165) is 57.8 Å². The van der Waals surface area contributed by atoms with Crippen molar-refractivity contribution in [3.8, 4) is 0 Å². The molecule has 0 fully saturated rings. The van der Waals surface area contributed by atoms with E-state index in [9.17, 15) is 19.8 Å². The number of esters is 1. The fourth-order valence-corrected chi connectivity index (χ4v) is 8.41. The number of amides is 1. The summed E-state index contributed by atoms with van der Waals surface area (Å²) in [7, 11) is 0. The van der Waals surface area contributed by atoms with Crippen LogP contribution in [0, 0.1) is 0 Å². The van der Waals surface area contributed by atoms with Gasteiger partial charge in [-0.05, 0) is 44.9 Å². The van der Waals surface area contributed by atoms with Crippen LogP contribution in [-0.4, -0.2) is 46.9 Å². The number of carbonyl (C=O) groups is 2. The monoisotopic (exact) mass is 898 g/mol. The van der Waals surface area contributed by atoms with E-state index in [4.69, 9.17) is 4.74 Å². The number of hydrogen-bond donors (Lipinski definition) is 3. The molecule has 64 heavy (non-hydrogen) atoms. The zero-order valence-corrected chi connectivity index (χ0v) is 42.7. The highest BCUT2D eigenvalue weighted by atomic mass is 16.5. The quantitative estimate of drug-likeness (QED) is 0.0321. The Morgan fingerprint density at radius 1 is 0.469 bits per heavy atom. The lowest BCUT2D eigenvalue weighted by atomic mass is 10.0. The molecule has 0 aliphatic carbocycles.